The maximum atomic E-state index is 12.3. The van der Waals surface area contributed by atoms with Crippen molar-refractivity contribution in [2.45, 2.75) is 13.3 Å². The largest absolute Gasteiger partial charge is 0.341 e. The van der Waals surface area contributed by atoms with Crippen LogP contribution >= 0.6 is 31.9 Å². The number of urea groups is 1. The molecule has 5 nitrogen and oxygen atoms in total. The van der Waals surface area contributed by atoms with Gasteiger partial charge in [0.1, 0.15) is 0 Å². The van der Waals surface area contributed by atoms with Crippen molar-refractivity contribution >= 4 is 49.5 Å². The summed E-state index contributed by atoms with van der Waals surface area (Å²) in [7, 11) is 0. The Morgan fingerprint density at radius 2 is 1.76 bits per heavy atom. The zero-order valence-corrected chi connectivity index (χ0v) is 14.9. The zero-order chi connectivity index (χ0) is 15.4. The van der Waals surface area contributed by atoms with Crippen LogP contribution in [0.4, 0.5) is 10.5 Å². The molecule has 1 aromatic carbocycles. The first-order chi connectivity index (χ1) is 9.97. The quantitative estimate of drug-likeness (QED) is 0.760. The van der Waals surface area contributed by atoms with E-state index in [1.807, 2.05) is 18.2 Å². The van der Waals surface area contributed by atoms with Crippen LogP contribution < -0.4 is 5.32 Å². The highest BCUT2D eigenvalue weighted by Gasteiger charge is 2.20. The number of nitrogens with zero attached hydrogens (tertiary/aromatic N) is 2. The summed E-state index contributed by atoms with van der Waals surface area (Å²) in [5.74, 6) is 0.0629. The number of carbonyl (C=O) groups is 2. The molecule has 2 rings (SSSR count). The zero-order valence-electron chi connectivity index (χ0n) is 11.7. The number of anilines is 1. The van der Waals surface area contributed by atoms with Crippen LogP contribution in [-0.2, 0) is 4.79 Å². The molecule has 0 aliphatic carbocycles. The van der Waals surface area contributed by atoms with Crippen LogP contribution in [0.5, 0.6) is 0 Å². The maximum Gasteiger partial charge on any atom is 0.321 e. The van der Waals surface area contributed by atoms with Crippen molar-refractivity contribution in [2.24, 2.45) is 0 Å². The molecule has 0 bridgehead atoms. The van der Waals surface area contributed by atoms with Gasteiger partial charge in [-0.3, -0.25) is 4.79 Å². The summed E-state index contributed by atoms with van der Waals surface area (Å²) in [4.78, 5) is 27.2. The minimum Gasteiger partial charge on any atom is -0.341 e. The first kappa shape index (κ1) is 16.3. The van der Waals surface area contributed by atoms with E-state index in [0.29, 0.717) is 26.2 Å². The number of benzene rings is 1. The Morgan fingerprint density at radius 1 is 1.10 bits per heavy atom. The molecular weight excluding hydrogens is 402 g/mol. The number of carbonyl (C=O) groups excluding carboxylic acids is 2. The Hall–Kier alpha value is -1.08. The van der Waals surface area contributed by atoms with E-state index in [1.54, 1.807) is 16.7 Å². The normalized spacial score (nSPS) is 15.6. The second-order valence-corrected chi connectivity index (χ2v) is 6.67. The second kappa shape index (κ2) is 7.26. The second-order valence-electron chi connectivity index (χ2n) is 4.90. The lowest BCUT2D eigenvalue weighted by atomic mass is 10.3. The highest BCUT2D eigenvalue weighted by Crippen LogP contribution is 2.26. The third kappa shape index (κ3) is 4.44. The summed E-state index contributed by atoms with van der Waals surface area (Å²) < 4.78 is 1.77. The third-order valence-electron chi connectivity index (χ3n) is 3.40. The first-order valence-electron chi connectivity index (χ1n) is 6.74. The van der Waals surface area contributed by atoms with Crippen LogP contribution in [0, 0.1) is 0 Å². The van der Waals surface area contributed by atoms with Gasteiger partial charge in [-0.05, 0) is 40.5 Å². The molecule has 1 heterocycles. The van der Waals surface area contributed by atoms with Crippen molar-refractivity contribution in [2.75, 3.05) is 31.5 Å². The van der Waals surface area contributed by atoms with Crippen LogP contribution in [0.3, 0.4) is 0 Å². The van der Waals surface area contributed by atoms with E-state index in [4.69, 9.17) is 0 Å². The molecule has 3 amide bonds. The Balaban J connectivity index is 1.98. The molecule has 114 valence electrons. The predicted molar refractivity (Wildman–Crippen MR) is 89.3 cm³/mol. The Kier molecular flexibility index (Phi) is 5.64. The van der Waals surface area contributed by atoms with Gasteiger partial charge in [0.05, 0.1) is 5.69 Å². The molecule has 0 radical (unpaired) electrons. The molecular formula is C14H17Br2N3O2. The Morgan fingerprint density at radius 3 is 2.43 bits per heavy atom. The minimum absolute atomic E-state index is 0.0629. The summed E-state index contributed by atoms with van der Waals surface area (Å²) in [6.45, 7) is 4.07. The third-order valence-corrected chi connectivity index (χ3v) is 4.55. The summed E-state index contributed by atoms with van der Waals surface area (Å²) in [6.07, 6.45) is 0.800. The number of hydrogen-bond acceptors (Lipinski definition) is 2. The van der Waals surface area contributed by atoms with Gasteiger partial charge in [0.15, 0.2) is 0 Å². The highest BCUT2D eigenvalue weighted by molar-refractivity contribution is 9.11. The lowest BCUT2D eigenvalue weighted by Crippen LogP contribution is -2.38. The predicted octanol–water partition coefficient (Wildman–Crippen LogP) is 3.30. The molecule has 0 unspecified atom stereocenters. The van der Waals surface area contributed by atoms with Crippen LogP contribution in [0.25, 0.3) is 0 Å². The molecule has 0 aromatic heterocycles. The molecule has 1 aliphatic heterocycles. The van der Waals surface area contributed by atoms with Crippen LogP contribution in [-0.4, -0.2) is 47.9 Å². The van der Waals surface area contributed by atoms with Gasteiger partial charge in [-0.2, -0.15) is 0 Å². The SMILES string of the molecule is CC(=O)N1CCCN(C(=O)Nc2ccc(Br)cc2Br)CC1. The summed E-state index contributed by atoms with van der Waals surface area (Å²) in [5.41, 5.74) is 0.732. The fourth-order valence-corrected chi connectivity index (χ4v) is 3.37. The van der Waals surface area contributed by atoms with Crippen molar-refractivity contribution in [1.29, 1.82) is 0 Å². The molecule has 1 fully saturated rings. The van der Waals surface area contributed by atoms with E-state index in [2.05, 4.69) is 37.2 Å². The van der Waals surface area contributed by atoms with Crippen molar-refractivity contribution < 1.29 is 9.59 Å². The maximum absolute atomic E-state index is 12.3. The van der Waals surface area contributed by atoms with E-state index in [-0.39, 0.29) is 11.9 Å². The first-order valence-corrected chi connectivity index (χ1v) is 8.32. The van der Waals surface area contributed by atoms with Gasteiger partial charge in [0.25, 0.3) is 0 Å². The molecule has 0 saturated carbocycles. The van der Waals surface area contributed by atoms with Gasteiger partial charge in [0.2, 0.25) is 5.91 Å². The Bertz CT molecular complexity index is 551. The monoisotopic (exact) mass is 417 g/mol. The lowest BCUT2D eigenvalue weighted by molar-refractivity contribution is -0.128. The molecule has 1 N–H and O–H groups in total. The summed E-state index contributed by atoms with van der Waals surface area (Å²) >= 11 is 6.81. The molecule has 0 atom stereocenters. The molecule has 21 heavy (non-hydrogen) atoms. The number of rotatable bonds is 1. The number of halogens is 2. The lowest BCUT2D eigenvalue weighted by Gasteiger charge is -2.22. The molecule has 1 aromatic rings. The van der Waals surface area contributed by atoms with Gasteiger partial charge < -0.3 is 15.1 Å². The molecule has 1 saturated heterocycles. The van der Waals surface area contributed by atoms with Crippen LogP contribution in [0.1, 0.15) is 13.3 Å². The van der Waals surface area contributed by atoms with E-state index >= 15 is 0 Å². The van der Waals surface area contributed by atoms with Crippen molar-refractivity contribution in [3.05, 3.63) is 27.1 Å². The molecule has 7 heteroatoms. The average molecular weight is 419 g/mol. The van der Waals surface area contributed by atoms with E-state index in [1.165, 1.54) is 0 Å². The number of amides is 3. The summed E-state index contributed by atoms with van der Waals surface area (Å²) in [5, 5.41) is 2.89. The van der Waals surface area contributed by atoms with E-state index < -0.39 is 0 Å². The van der Waals surface area contributed by atoms with Crippen molar-refractivity contribution in [1.82, 2.24) is 9.80 Å². The van der Waals surface area contributed by atoms with E-state index in [9.17, 15) is 9.59 Å². The molecule has 0 spiro atoms. The van der Waals surface area contributed by atoms with Gasteiger partial charge in [-0.25, -0.2) is 4.79 Å². The number of nitrogens with one attached hydrogen (secondary N) is 1. The van der Waals surface area contributed by atoms with Crippen LogP contribution in [0.2, 0.25) is 0 Å². The van der Waals surface area contributed by atoms with Crippen LogP contribution in [0.15, 0.2) is 27.1 Å². The van der Waals surface area contributed by atoms with E-state index in [0.717, 1.165) is 21.1 Å². The topological polar surface area (TPSA) is 52.7 Å². The van der Waals surface area contributed by atoms with Crippen molar-refractivity contribution in [3.8, 4) is 0 Å². The minimum atomic E-state index is -0.136. The highest BCUT2D eigenvalue weighted by atomic mass is 79.9. The molecule has 1 aliphatic rings. The van der Waals surface area contributed by atoms with Gasteiger partial charge in [-0.15, -0.1) is 0 Å². The van der Waals surface area contributed by atoms with Gasteiger partial charge in [-0.1, -0.05) is 15.9 Å². The number of hydrogen-bond donors (Lipinski definition) is 1. The summed E-state index contributed by atoms with van der Waals surface area (Å²) in [6, 6.07) is 5.46. The van der Waals surface area contributed by atoms with Gasteiger partial charge in [0, 0.05) is 42.0 Å². The average Bonchev–Trinajstić information content (AvgIpc) is 2.67. The van der Waals surface area contributed by atoms with Crippen molar-refractivity contribution in [3.63, 3.8) is 0 Å². The standard InChI is InChI=1S/C14H17Br2N3O2/c1-10(20)18-5-2-6-19(8-7-18)14(21)17-13-4-3-11(15)9-12(13)16/h3-4,9H,2,5-8H2,1H3,(H,17,21). The smallest absolute Gasteiger partial charge is 0.321 e. The van der Waals surface area contributed by atoms with Gasteiger partial charge >= 0.3 is 6.03 Å². The fourth-order valence-electron chi connectivity index (χ4n) is 2.22. The fraction of sp³-hybridized carbons (Fsp3) is 0.429. The Labute approximate surface area is 140 Å².